The standard InChI is InChI=1S/C12H11F2N3O/c13-8-3-4-10(9(14)5-8)16-12(18)17-11(6-15)7-1-2-7/h3-5,7,11H,1-2H2,(H2,16,17,18). The Bertz CT molecular complexity index is 509. The molecule has 0 aliphatic heterocycles. The molecule has 1 aliphatic carbocycles. The lowest BCUT2D eigenvalue weighted by Gasteiger charge is -2.12. The Morgan fingerprint density at radius 3 is 2.72 bits per heavy atom. The topological polar surface area (TPSA) is 64.9 Å². The zero-order valence-corrected chi connectivity index (χ0v) is 9.41. The summed E-state index contributed by atoms with van der Waals surface area (Å²) in [6.07, 6.45) is 1.81. The van der Waals surface area contributed by atoms with E-state index in [0.717, 1.165) is 25.0 Å². The molecule has 2 N–H and O–H groups in total. The van der Waals surface area contributed by atoms with E-state index >= 15 is 0 Å². The maximum absolute atomic E-state index is 13.3. The first-order valence-corrected chi connectivity index (χ1v) is 5.52. The minimum Gasteiger partial charge on any atom is -0.322 e. The third-order valence-corrected chi connectivity index (χ3v) is 2.70. The van der Waals surface area contributed by atoms with Gasteiger partial charge >= 0.3 is 6.03 Å². The number of nitrogens with zero attached hydrogens (tertiary/aromatic N) is 1. The summed E-state index contributed by atoms with van der Waals surface area (Å²) in [7, 11) is 0. The summed E-state index contributed by atoms with van der Waals surface area (Å²) >= 11 is 0. The third kappa shape index (κ3) is 2.94. The Morgan fingerprint density at radius 1 is 1.44 bits per heavy atom. The summed E-state index contributed by atoms with van der Waals surface area (Å²) in [4.78, 5) is 11.5. The van der Waals surface area contributed by atoms with E-state index in [4.69, 9.17) is 5.26 Å². The van der Waals surface area contributed by atoms with E-state index in [1.807, 2.05) is 6.07 Å². The highest BCUT2D eigenvalue weighted by Gasteiger charge is 2.32. The molecule has 1 atom stereocenters. The number of carbonyl (C=O) groups is 1. The molecule has 1 unspecified atom stereocenters. The van der Waals surface area contributed by atoms with Gasteiger partial charge in [0.1, 0.15) is 17.7 Å². The van der Waals surface area contributed by atoms with Crippen LogP contribution in [-0.2, 0) is 0 Å². The molecule has 0 spiro atoms. The van der Waals surface area contributed by atoms with Gasteiger partial charge in [0, 0.05) is 6.07 Å². The van der Waals surface area contributed by atoms with E-state index in [9.17, 15) is 13.6 Å². The molecule has 0 heterocycles. The van der Waals surface area contributed by atoms with Crippen LogP contribution in [0.15, 0.2) is 18.2 Å². The Balaban J connectivity index is 1.96. The maximum atomic E-state index is 13.3. The molecule has 1 aromatic carbocycles. The summed E-state index contributed by atoms with van der Waals surface area (Å²) in [5, 5.41) is 13.5. The van der Waals surface area contributed by atoms with Gasteiger partial charge in [-0.15, -0.1) is 0 Å². The summed E-state index contributed by atoms with van der Waals surface area (Å²) in [5.41, 5.74) is -0.124. The van der Waals surface area contributed by atoms with E-state index < -0.39 is 23.7 Å². The number of halogens is 2. The van der Waals surface area contributed by atoms with Crippen LogP contribution in [0.3, 0.4) is 0 Å². The number of hydrogen-bond acceptors (Lipinski definition) is 2. The van der Waals surface area contributed by atoms with Crippen molar-refractivity contribution in [2.24, 2.45) is 5.92 Å². The molecule has 0 aromatic heterocycles. The van der Waals surface area contributed by atoms with Gasteiger partial charge in [-0.3, -0.25) is 0 Å². The number of benzene rings is 1. The molecule has 94 valence electrons. The van der Waals surface area contributed by atoms with Gasteiger partial charge in [-0.25, -0.2) is 13.6 Å². The predicted molar refractivity (Wildman–Crippen MR) is 60.6 cm³/mol. The zero-order valence-electron chi connectivity index (χ0n) is 9.41. The van der Waals surface area contributed by atoms with Crippen LogP contribution in [0.2, 0.25) is 0 Å². The highest BCUT2D eigenvalue weighted by Crippen LogP contribution is 2.32. The Morgan fingerprint density at radius 2 is 2.17 bits per heavy atom. The number of nitriles is 1. The quantitative estimate of drug-likeness (QED) is 0.866. The monoisotopic (exact) mass is 251 g/mol. The van der Waals surface area contributed by atoms with Crippen molar-refractivity contribution in [3.63, 3.8) is 0 Å². The molecule has 0 bridgehead atoms. The fraction of sp³-hybridized carbons (Fsp3) is 0.333. The molecule has 0 radical (unpaired) electrons. The Labute approximate surface area is 103 Å². The minimum atomic E-state index is -0.856. The Kier molecular flexibility index (Phi) is 3.42. The second kappa shape index (κ2) is 5.00. The number of hydrogen-bond donors (Lipinski definition) is 2. The van der Waals surface area contributed by atoms with Crippen molar-refractivity contribution in [2.45, 2.75) is 18.9 Å². The van der Waals surface area contributed by atoms with Crippen molar-refractivity contribution in [3.05, 3.63) is 29.8 Å². The molecule has 1 fully saturated rings. The molecule has 6 heteroatoms. The van der Waals surface area contributed by atoms with Crippen LogP contribution in [0.1, 0.15) is 12.8 Å². The van der Waals surface area contributed by atoms with Gasteiger partial charge in [-0.1, -0.05) is 0 Å². The predicted octanol–water partition coefficient (Wildman–Crippen LogP) is 2.39. The van der Waals surface area contributed by atoms with Gasteiger partial charge in [-0.2, -0.15) is 5.26 Å². The average Bonchev–Trinajstić information content (AvgIpc) is 3.14. The molecule has 0 saturated heterocycles. The fourth-order valence-corrected chi connectivity index (χ4v) is 1.58. The number of rotatable bonds is 3. The molecular weight excluding hydrogens is 240 g/mol. The SMILES string of the molecule is N#CC(NC(=O)Nc1ccc(F)cc1F)C1CC1. The van der Waals surface area contributed by atoms with Gasteiger partial charge in [0.2, 0.25) is 0 Å². The minimum absolute atomic E-state index is 0.124. The van der Waals surface area contributed by atoms with Crippen LogP contribution in [0.25, 0.3) is 0 Å². The maximum Gasteiger partial charge on any atom is 0.320 e. The van der Waals surface area contributed by atoms with Gasteiger partial charge in [0.05, 0.1) is 11.8 Å². The first-order valence-electron chi connectivity index (χ1n) is 5.52. The largest absolute Gasteiger partial charge is 0.322 e. The van der Waals surface area contributed by atoms with Gasteiger partial charge in [0.25, 0.3) is 0 Å². The van der Waals surface area contributed by atoms with E-state index in [2.05, 4.69) is 10.6 Å². The van der Waals surface area contributed by atoms with Gasteiger partial charge in [-0.05, 0) is 30.9 Å². The van der Waals surface area contributed by atoms with E-state index in [1.165, 1.54) is 0 Å². The van der Waals surface area contributed by atoms with Crippen LogP contribution in [0, 0.1) is 28.9 Å². The summed E-state index contributed by atoms with van der Waals surface area (Å²) < 4.78 is 25.9. The molecule has 1 saturated carbocycles. The number of amides is 2. The van der Waals surface area contributed by atoms with Gasteiger partial charge in [0.15, 0.2) is 0 Å². The lowest BCUT2D eigenvalue weighted by Crippen LogP contribution is -2.38. The molecular formula is C12H11F2N3O. The van der Waals surface area contributed by atoms with E-state index in [1.54, 1.807) is 0 Å². The van der Waals surface area contributed by atoms with Crippen LogP contribution in [0.5, 0.6) is 0 Å². The molecule has 4 nitrogen and oxygen atoms in total. The van der Waals surface area contributed by atoms with E-state index in [-0.39, 0.29) is 11.6 Å². The van der Waals surface area contributed by atoms with Crippen LogP contribution in [-0.4, -0.2) is 12.1 Å². The second-order valence-corrected chi connectivity index (χ2v) is 4.17. The average molecular weight is 251 g/mol. The van der Waals surface area contributed by atoms with Crippen LogP contribution in [0.4, 0.5) is 19.3 Å². The Hall–Kier alpha value is -2.16. The first-order chi connectivity index (χ1) is 8.60. The van der Waals surface area contributed by atoms with E-state index in [0.29, 0.717) is 6.07 Å². The number of anilines is 1. The van der Waals surface area contributed by atoms with Crippen molar-refractivity contribution in [3.8, 4) is 6.07 Å². The van der Waals surface area contributed by atoms with Crippen LogP contribution >= 0.6 is 0 Å². The summed E-state index contributed by atoms with van der Waals surface area (Å²) in [6.45, 7) is 0. The van der Waals surface area contributed by atoms with Gasteiger partial charge < -0.3 is 10.6 Å². The smallest absolute Gasteiger partial charge is 0.320 e. The van der Waals surface area contributed by atoms with Crippen LogP contribution < -0.4 is 10.6 Å². The van der Waals surface area contributed by atoms with Crippen molar-refractivity contribution in [1.82, 2.24) is 5.32 Å². The third-order valence-electron chi connectivity index (χ3n) is 2.70. The summed E-state index contributed by atoms with van der Waals surface area (Å²) in [6, 6.07) is 3.60. The lowest BCUT2D eigenvalue weighted by atomic mass is 10.2. The molecule has 1 aliphatic rings. The highest BCUT2D eigenvalue weighted by molar-refractivity contribution is 5.89. The summed E-state index contributed by atoms with van der Waals surface area (Å²) in [5.74, 6) is -1.39. The molecule has 2 rings (SSSR count). The lowest BCUT2D eigenvalue weighted by molar-refractivity contribution is 0.249. The number of carbonyl (C=O) groups excluding carboxylic acids is 1. The molecule has 1 aromatic rings. The normalized spacial score (nSPS) is 15.6. The fourth-order valence-electron chi connectivity index (χ4n) is 1.58. The highest BCUT2D eigenvalue weighted by atomic mass is 19.1. The molecule has 2 amide bonds. The van der Waals surface area contributed by atoms with Crippen molar-refractivity contribution >= 4 is 11.7 Å². The first kappa shape index (κ1) is 12.3. The molecule has 18 heavy (non-hydrogen) atoms. The second-order valence-electron chi connectivity index (χ2n) is 4.17. The zero-order chi connectivity index (χ0) is 13.1. The van der Waals surface area contributed by atoms with Crippen molar-refractivity contribution < 1.29 is 13.6 Å². The number of nitrogens with one attached hydrogen (secondary N) is 2. The van der Waals surface area contributed by atoms with Crippen molar-refractivity contribution in [2.75, 3.05) is 5.32 Å². The number of urea groups is 1. The van der Waals surface area contributed by atoms with Crippen molar-refractivity contribution in [1.29, 1.82) is 5.26 Å².